The van der Waals surface area contributed by atoms with Gasteiger partial charge in [0, 0.05) is 46.0 Å². The minimum absolute atomic E-state index is 0.929. The molecular weight excluding hydrogens is 997 g/mol. The molecule has 6 aromatic heterocycles. The second kappa shape index (κ2) is 28.4. The first kappa shape index (κ1) is 57.0. The highest BCUT2D eigenvalue weighted by Crippen LogP contribution is 2.31. The molecule has 0 atom stereocenters. The van der Waals surface area contributed by atoms with E-state index in [4.69, 9.17) is 13.3 Å². The van der Waals surface area contributed by atoms with Crippen molar-refractivity contribution in [1.82, 2.24) is 0 Å². The molecule has 6 aromatic carbocycles. The second-order valence-corrected chi connectivity index (χ2v) is 23.0. The zero-order valence-electron chi connectivity index (χ0n) is 46.3. The summed E-state index contributed by atoms with van der Waals surface area (Å²) in [6, 6.07) is 75.6. The van der Waals surface area contributed by atoms with Crippen molar-refractivity contribution in [2.24, 2.45) is 0 Å². The van der Waals surface area contributed by atoms with E-state index in [1.165, 1.54) is 84.9 Å². The van der Waals surface area contributed by atoms with Crippen molar-refractivity contribution in [2.75, 3.05) is 0 Å². The lowest BCUT2D eigenvalue weighted by molar-refractivity contribution is 0.548. The maximum absolute atomic E-state index is 5.55. The number of furan rings is 3. The Balaban J connectivity index is 0.000000134. The predicted octanol–water partition coefficient (Wildman–Crippen LogP) is 22.5. The molecule has 0 aliphatic carbocycles. The molecule has 77 heavy (non-hydrogen) atoms. The lowest BCUT2D eigenvalue weighted by atomic mass is 10.1. The Morgan fingerprint density at radius 3 is 1.18 bits per heavy atom. The third-order valence-electron chi connectivity index (χ3n) is 12.3. The Labute approximate surface area is 469 Å². The summed E-state index contributed by atoms with van der Waals surface area (Å²) in [5, 5.41) is 0. The summed E-state index contributed by atoms with van der Waals surface area (Å²) >= 11 is 5.55. The van der Waals surface area contributed by atoms with Crippen molar-refractivity contribution in [3.8, 4) is 65.3 Å². The van der Waals surface area contributed by atoms with Crippen LogP contribution in [0.15, 0.2) is 238 Å². The van der Waals surface area contributed by atoms with E-state index in [1.54, 1.807) is 6.26 Å². The van der Waals surface area contributed by atoms with E-state index in [-0.39, 0.29) is 0 Å². The first-order valence-corrected chi connectivity index (χ1v) is 28.4. The Bertz CT molecular complexity index is 3480. The average molecular weight is 1070 g/mol. The summed E-state index contributed by atoms with van der Waals surface area (Å²) in [4.78, 5) is 8.21. The molecule has 12 rings (SSSR count). The van der Waals surface area contributed by atoms with Crippen LogP contribution in [-0.4, -0.2) is 0 Å². The number of benzene rings is 6. The fourth-order valence-electron chi connectivity index (χ4n) is 8.10. The quantitative estimate of drug-likeness (QED) is 0.167. The van der Waals surface area contributed by atoms with Gasteiger partial charge in [-0.15, -0.1) is 34.0 Å². The molecule has 3 nitrogen and oxygen atoms in total. The van der Waals surface area contributed by atoms with E-state index in [0.29, 0.717) is 0 Å². The molecule has 0 aliphatic heterocycles. The zero-order chi connectivity index (χ0) is 54.7. The molecule has 390 valence electrons. The minimum atomic E-state index is 0.929. The van der Waals surface area contributed by atoms with Gasteiger partial charge in [0.25, 0.3) is 0 Å². The van der Waals surface area contributed by atoms with E-state index >= 15 is 0 Å². The lowest BCUT2D eigenvalue weighted by Crippen LogP contribution is -1.78. The number of rotatable bonds is 6. The summed E-state index contributed by atoms with van der Waals surface area (Å²) in [7, 11) is 0. The van der Waals surface area contributed by atoms with Crippen molar-refractivity contribution in [2.45, 2.75) is 76.2 Å². The van der Waals surface area contributed by atoms with Crippen LogP contribution in [-0.2, 0) is 0 Å². The molecule has 0 spiro atoms. The molecular formula is C71H70O3S3. The van der Waals surface area contributed by atoms with Gasteiger partial charge in [-0.2, -0.15) is 0 Å². The van der Waals surface area contributed by atoms with Crippen molar-refractivity contribution < 1.29 is 13.3 Å². The SMILES string of the molecule is Cc1ccc(-c2ccc(C)o2)cc1.Cc1ccc(-c2ccc(C)s2)cc1.Cc1ccc(-c2ccccc2C)o1.Cc1ccc(-c2ccccc2C)s1.Cc1cccc(-c2ccc(C)s2)c1.Cc1cccc(-c2ccco2)c1. The highest BCUT2D eigenvalue weighted by atomic mass is 32.1. The van der Waals surface area contributed by atoms with Gasteiger partial charge in [0.2, 0.25) is 0 Å². The summed E-state index contributed by atoms with van der Waals surface area (Å²) in [5.41, 5.74) is 15.2. The van der Waals surface area contributed by atoms with Crippen molar-refractivity contribution >= 4 is 34.0 Å². The maximum Gasteiger partial charge on any atom is 0.134 e. The van der Waals surface area contributed by atoms with Crippen LogP contribution >= 0.6 is 34.0 Å². The van der Waals surface area contributed by atoms with E-state index in [9.17, 15) is 0 Å². The first-order valence-electron chi connectivity index (χ1n) is 25.9. The molecule has 0 saturated carbocycles. The normalized spacial score (nSPS) is 10.3. The van der Waals surface area contributed by atoms with E-state index in [1.807, 2.05) is 109 Å². The Morgan fingerprint density at radius 1 is 0.273 bits per heavy atom. The van der Waals surface area contributed by atoms with Crippen LogP contribution in [0, 0.1) is 76.2 Å². The van der Waals surface area contributed by atoms with Gasteiger partial charge in [-0.05, 0) is 183 Å². The Hall–Kier alpha value is -7.74. The standard InChI is InChI=1S/2C12H12O.3C12H12S.C11H10O/c1-9-3-6-11(7-4-9)12-8-5-10(2)13-12;1-9-5-3-4-6-11(9)12-8-7-10(2)13-12;1-9-3-6-11(7-4-9)12-8-5-10(2)13-12;1-9-4-3-5-11(8-9)12-7-6-10(2)13-12;1-9-5-3-4-6-11(9)12-8-7-10(2)13-12;1-9-4-2-5-10(8-9)11-6-3-7-12-11/h5*3-8H,1-2H3;2-8H,1H3. The Morgan fingerprint density at radius 2 is 0.727 bits per heavy atom. The first-order chi connectivity index (χ1) is 37.2. The largest absolute Gasteiger partial charge is 0.464 e. The fraction of sp³-hybridized carbons (Fsp3) is 0.155. The van der Waals surface area contributed by atoms with E-state index in [0.717, 1.165) is 39.9 Å². The zero-order valence-corrected chi connectivity index (χ0v) is 48.8. The fourth-order valence-corrected chi connectivity index (χ4v) is 10.8. The van der Waals surface area contributed by atoms with Crippen molar-refractivity contribution in [1.29, 1.82) is 0 Å². The van der Waals surface area contributed by atoms with E-state index < -0.39 is 0 Å². The van der Waals surface area contributed by atoms with Crippen LogP contribution in [0.4, 0.5) is 0 Å². The van der Waals surface area contributed by atoms with Crippen LogP contribution in [0.5, 0.6) is 0 Å². The lowest BCUT2D eigenvalue weighted by Gasteiger charge is -2.00. The molecule has 0 N–H and O–H groups in total. The third-order valence-corrected chi connectivity index (χ3v) is 15.5. The maximum atomic E-state index is 5.55. The van der Waals surface area contributed by atoms with Crippen LogP contribution in [0.1, 0.15) is 59.5 Å². The molecule has 12 aromatic rings. The molecule has 0 unspecified atom stereocenters. The number of hydrogen-bond donors (Lipinski definition) is 0. The molecule has 0 radical (unpaired) electrons. The average Bonchev–Trinajstić information content (AvgIpc) is 4.32. The van der Waals surface area contributed by atoms with Gasteiger partial charge in [0.05, 0.1) is 6.26 Å². The van der Waals surface area contributed by atoms with Gasteiger partial charge < -0.3 is 13.3 Å². The van der Waals surface area contributed by atoms with E-state index in [2.05, 4.69) is 220 Å². The second-order valence-electron chi connectivity index (χ2n) is 19.1. The summed E-state index contributed by atoms with van der Waals surface area (Å²) in [6.45, 7) is 23.0. The topological polar surface area (TPSA) is 39.4 Å². The van der Waals surface area contributed by atoms with Crippen LogP contribution in [0.2, 0.25) is 0 Å². The Kier molecular flexibility index (Phi) is 21.0. The van der Waals surface area contributed by atoms with Crippen molar-refractivity contribution in [3.63, 3.8) is 0 Å². The monoisotopic (exact) mass is 1070 g/mol. The molecule has 0 aliphatic rings. The van der Waals surface area contributed by atoms with Crippen molar-refractivity contribution in [3.05, 3.63) is 284 Å². The van der Waals surface area contributed by atoms with Gasteiger partial charge in [0.15, 0.2) is 0 Å². The minimum Gasteiger partial charge on any atom is -0.464 e. The summed E-state index contributed by atoms with van der Waals surface area (Å²) in [5.74, 6) is 4.74. The summed E-state index contributed by atoms with van der Waals surface area (Å²) in [6.07, 6.45) is 1.69. The molecule has 0 fully saturated rings. The van der Waals surface area contributed by atoms with Crippen LogP contribution in [0.25, 0.3) is 65.3 Å². The van der Waals surface area contributed by atoms with Crippen LogP contribution in [0.3, 0.4) is 0 Å². The molecule has 0 saturated heterocycles. The van der Waals surface area contributed by atoms with Gasteiger partial charge >= 0.3 is 0 Å². The van der Waals surface area contributed by atoms with Gasteiger partial charge in [0.1, 0.15) is 28.8 Å². The molecule has 6 heterocycles. The number of aryl methyl sites for hydroxylation is 11. The molecule has 6 heteroatoms. The highest BCUT2D eigenvalue weighted by molar-refractivity contribution is 7.16. The molecule has 0 amide bonds. The molecule has 0 bridgehead atoms. The summed E-state index contributed by atoms with van der Waals surface area (Å²) < 4.78 is 16.3. The predicted molar refractivity (Wildman–Crippen MR) is 334 cm³/mol. The number of hydrogen-bond acceptors (Lipinski definition) is 6. The number of thiophene rings is 3. The smallest absolute Gasteiger partial charge is 0.134 e. The van der Waals surface area contributed by atoms with Gasteiger partial charge in [-0.3, -0.25) is 0 Å². The third kappa shape index (κ3) is 17.7. The van der Waals surface area contributed by atoms with Gasteiger partial charge in [-0.25, -0.2) is 0 Å². The van der Waals surface area contributed by atoms with Crippen LogP contribution < -0.4 is 0 Å². The highest BCUT2D eigenvalue weighted by Gasteiger charge is 2.06. The van der Waals surface area contributed by atoms with Gasteiger partial charge in [-0.1, -0.05) is 162 Å².